The summed E-state index contributed by atoms with van der Waals surface area (Å²) in [6.45, 7) is 3.63. The number of nitrogens with zero attached hydrogens (tertiary/aromatic N) is 3. The Kier molecular flexibility index (Phi) is 4.92. The van der Waals surface area contributed by atoms with E-state index in [0.29, 0.717) is 32.2 Å². The molecule has 2 saturated heterocycles. The van der Waals surface area contributed by atoms with Crippen LogP contribution >= 0.6 is 0 Å². The number of carbonyl (C=O) groups excluding carboxylic acids is 2. The molecule has 3 heterocycles. The molecular formula is C15H22N4O4. The van der Waals surface area contributed by atoms with Crippen LogP contribution in [0.3, 0.4) is 0 Å². The summed E-state index contributed by atoms with van der Waals surface area (Å²) < 4.78 is 10.3. The number of carbonyl (C=O) groups is 2. The highest BCUT2D eigenvalue weighted by Gasteiger charge is 2.33. The largest absolute Gasteiger partial charge is 0.381 e. The van der Waals surface area contributed by atoms with E-state index in [2.05, 4.69) is 10.1 Å². The van der Waals surface area contributed by atoms with Crippen molar-refractivity contribution >= 4 is 11.8 Å². The van der Waals surface area contributed by atoms with Gasteiger partial charge in [-0.15, -0.1) is 0 Å². The Labute approximate surface area is 134 Å². The highest BCUT2D eigenvalue weighted by atomic mass is 16.5. The molecule has 0 spiro atoms. The van der Waals surface area contributed by atoms with Crippen molar-refractivity contribution in [2.75, 3.05) is 39.4 Å². The Bertz CT molecular complexity index is 542. The number of primary amides is 1. The molecule has 3 rings (SSSR count). The lowest BCUT2D eigenvalue weighted by atomic mass is 10.0. The van der Waals surface area contributed by atoms with Crippen LogP contribution in [0.1, 0.15) is 23.4 Å². The number of hydrogen-bond acceptors (Lipinski definition) is 6. The molecule has 8 nitrogen and oxygen atoms in total. The van der Waals surface area contributed by atoms with E-state index in [1.165, 1.54) is 12.3 Å². The van der Waals surface area contributed by atoms with E-state index >= 15 is 0 Å². The zero-order valence-electron chi connectivity index (χ0n) is 13.0. The van der Waals surface area contributed by atoms with Crippen LogP contribution in [0, 0.1) is 5.92 Å². The summed E-state index contributed by atoms with van der Waals surface area (Å²) >= 11 is 0. The number of hydrogen-bond donors (Lipinski definition) is 1. The third kappa shape index (κ3) is 3.70. The molecule has 126 valence electrons. The van der Waals surface area contributed by atoms with Gasteiger partial charge in [0.15, 0.2) is 0 Å². The molecule has 0 unspecified atom stereocenters. The van der Waals surface area contributed by atoms with Crippen LogP contribution in [-0.4, -0.2) is 72.2 Å². The maximum Gasteiger partial charge on any atom is 0.292 e. The van der Waals surface area contributed by atoms with Crippen LogP contribution in [0.25, 0.3) is 0 Å². The zero-order valence-corrected chi connectivity index (χ0v) is 13.0. The van der Waals surface area contributed by atoms with Gasteiger partial charge in [-0.2, -0.15) is 0 Å². The molecule has 0 saturated carbocycles. The number of rotatable bonds is 3. The molecule has 2 fully saturated rings. The van der Waals surface area contributed by atoms with Crippen LogP contribution < -0.4 is 5.73 Å². The third-order valence-corrected chi connectivity index (χ3v) is 4.60. The van der Waals surface area contributed by atoms with E-state index in [-0.39, 0.29) is 23.5 Å². The van der Waals surface area contributed by atoms with Crippen LogP contribution in [0.4, 0.5) is 0 Å². The second-order valence-electron chi connectivity index (χ2n) is 6.07. The van der Waals surface area contributed by atoms with Gasteiger partial charge in [-0.25, -0.2) is 0 Å². The van der Waals surface area contributed by atoms with Crippen molar-refractivity contribution in [3.63, 3.8) is 0 Å². The van der Waals surface area contributed by atoms with E-state index in [9.17, 15) is 9.59 Å². The normalized spacial score (nSPS) is 24.3. The van der Waals surface area contributed by atoms with Crippen LogP contribution in [0.2, 0.25) is 0 Å². The van der Waals surface area contributed by atoms with Crippen LogP contribution in [0.5, 0.6) is 0 Å². The minimum absolute atomic E-state index is 0.188. The Morgan fingerprint density at radius 3 is 2.65 bits per heavy atom. The van der Waals surface area contributed by atoms with Gasteiger partial charge >= 0.3 is 0 Å². The fraction of sp³-hybridized carbons (Fsp3) is 0.667. The van der Waals surface area contributed by atoms with Crippen molar-refractivity contribution in [1.29, 1.82) is 0 Å². The molecule has 23 heavy (non-hydrogen) atoms. The summed E-state index contributed by atoms with van der Waals surface area (Å²) in [6, 6.07) is 1.91. The molecule has 2 amide bonds. The van der Waals surface area contributed by atoms with Gasteiger partial charge in [0, 0.05) is 51.5 Å². The van der Waals surface area contributed by atoms with Crippen molar-refractivity contribution in [3.05, 3.63) is 18.0 Å². The molecule has 0 radical (unpaired) electrons. The first kappa shape index (κ1) is 15.9. The molecule has 1 aromatic rings. The summed E-state index contributed by atoms with van der Waals surface area (Å²) in [6.07, 6.45) is 3.33. The highest BCUT2D eigenvalue weighted by molar-refractivity contribution is 5.91. The van der Waals surface area contributed by atoms with E-state index in [1.807, 2.05) is 0 Å². The number of nitrogens with two attached hydrogens (primary N) is 1. The number of ether oxygens (including phenoxy) is 1. The predicted octanol–water partition coefficient (Wildman–Crippen LogP) is -0.287. The van der Waals surface area contributed by atoms with Gasteiger partial charge in [0.2, 0.25) is 11.7 Å². The Morgan fingerprint density at radius 1 is 1.22 bits per heavy atom. The topological polar surface area (TPSA) is 102 Å². The van der Waals surface area contributed by atoms with Crippen molar-refractivity contribution in [2.45, 2.75) is 18.9 Å². The predicted molar refractivity (Wildman–Crippen MR) is 80.5 cm³/mol. The molecular weight excluding hydrogens is 300 g/mol. The second kappa shape index (κ2) is 7.10. The Morgan fingerprint density at radius 2 is 2.00 bits per heavy atom. The summed E-state index contributed by atoms with van der Waals surface area (Å²) in [7, 11) is 0. The van der Waals surface area contributed by atoms with Gasteiger partial charge in [-0.3, -0.25) is 14.5 Å². The van der Waals surface area contributed by atoms with E-state index in [0.717, 1.165) is 26.1 Å². The fourth-order valence-electron chi connectivity index (χ4n) is 3.27. The van der Waals surface area contributed by atoms with E-state index in [1.54, 1.807) is 4.90 Å². The average molecular weight is 322 g/mol. The minimum Gasteiger partial charge on any atom is -0.381 e. The summed E-state index contributed by atoms with van der Waals surface area (Å²) in [5.74, 6) is -0.818. The van der Waals surface area contributed by atoms with Crippen LogP contribution in [0.15, 0.2) is 16.8 Å². The second-order valence-corrected chi connectivity index (χ2v) is 6.07. The SMILES string of the molecule is NC(=O)[C@H]1CN(C(=O)c2ccno2)CCN(C2CCOCC2)C1. The van der Waals surface area contributed by atoms with Crippen molar-refractivity contribution < 1.29 is 18.8 Å². The van der Waals surface area contributed by atoms with Gasteiger partial charge < -0.3 is 19.9 Å². The standard InChI is InChI=1S/C15H22N4O4/c16-14(20)11-9-18(12-2-7-22-8-3-12)5-6-19(10-11)15(21)13-1-4-17-23-13/h1,4,11-12H,2-3,5-10H2,(H2,16,20)/t11-/m1/s1. The first-order valence-corrected chi connectivity index (χ1v) is 7.96. The zero-order chi connectivity index (χ0) is 16.2. The van der Waals surface area contributed by atoms with E-state index < -0.39 is 0 Å². The van der Waals surface area contributed by atoms with Crippen LogP contribution in [-0.2, 0) is 9.53 Å². The smallest absolute Gasteiger partial charge is 0.292 e. The van der Waals surface area contributed by atoms with Gasteiger partial charge in [0.1, 0.15) is 0 Å². The first-order valence-electron chi connectivity index (χ1n) is 7.96. The molecule has 0 aliphatic carbocycles. The van der Waals surface area contributed by atoms with Crippen molar-refractivity contribution in [1.82, 2.24) is 15.0 Å². The van der Waals surface area contributed by atoms with E-state index in [4.69, 9.17) is 15.0 Å². The molecule has 2 aliphatic rings. The third-order valence-electron chi connectivity index (χ3n) is 4.60. The number of aromatic nitrogens is 1. The summed E-state index contributed by atoms with van der Waals surface area (Å²) in [5, 5.41) is 3.57. The quantitative estimate of drug-likeness (QED) is 0.821. The lowest BCUT2D eigenvalue weighted by molar-refractivity contribution is -0.122. The molecule has 8 heteroatoms. The van der Waals surface area contributed by atoms with Crippen molar-refractivity contribution in [3.8, 4) is 0 Å². The monoisotopic (exact) mass is 322 g/mol. The minimum atomic E-state index is -0.382. The lowest BCUT2D eigenvalue weighted by Crippen LogP contribution is -2.44. The fourth-order valence-corrected chi connectivity index (χ4v) is 3.27. The Balaban J connectivity index is 1.72. The Hall–Kier alpha value is -1.93. The first-order chi connectivity index (χ1) is 11.1. The maximum atomic E-state index is 12.5. The summed E-state index contributed by atoms with van der Waals surface area (Å²) in [5.41, 5.74) is 5.55. The van der Waals surface area contributed by atoms with Gasteiger partial charge in [-0.05, 0) is 12.8 Å². The van der Waals surface area contributed by atoms with Crippen molar-refractivity contribution in [2.24, 2.45) is 11.7 Å². The number of amides is 2. The maximum absolute atomic E-state index is 12.5. The van der Waals surface area contributed by atoms with Gasteiger partial charge in [0.25, 0.3) is 5.91 Å². The molecule has 0 bridgehead atoms. The highest BCUT2D eigenvalue weighted by Crippen LogP contribution is 2.20. The molecule has 1 atom stereocenters. The molecule has 2 aliphatic heterocycles. The van der Waals surface area contributed by atoms with Gasteiger partial charge in [0.05, 0.1) is 12.1 Å². The molecule has 0 aromatic carbocycles. The average Bonchev–Trinajstić information content (AvgIpc) is 3.00. The van der Waals surface area contributed by atoms with Gasteiger partial charge in [-0.1, -0.05) is 5.16 Å². The lowest BCUT2D eigenvalue weighted by Gasteiger charge is -2.34. The summed E-state index contributed by atoms with van der Waals surface area (Å²) in [4.78, 5) is 28.2. The molecule has 2 N–H and O–H groups in total. The molecule has 1 aromatic heterocycles.